The molecule has 0 radical (unpaired) electrons. The van der Waals surface area contributed by atoms with Gasteiger partial charge in [-0.25, -0.2) is 0 Å². The molecule has 0 saturated heterocycles. The minimum atomic E-state index is -0.279. The normalized spacial score (nSPS) is 13.4. The van der Waals surface area contributed by atoms with Gasteiger partial charge in [-0.15, -0.1) is 22.7 Å². The third-order valence-electron chi connectivity index (χ3n) is 11.8. The fourth-order valence-electron chi connectivity index (χ4n) is 9.13. The van der Waals surface area contributed by atoms with Crippen LogP contribution in [0.5, 0.6) is 0 Å². The van der Waals surface area contributed by atoms with Crippen LogP contribution in [0.1, 0.15) is 23.6 Å². The smallest absolute Gasteiger partial charge is 0.137 e. The number of thiophene rings is 2. The van der Waals surface area contributed by atoms with E-state index in [1.807, 2.05) is 22.7 Å². The van der Waals surface area contributed by atoms with Crippen LogP contribution in [0.3, 0.4) is 0 Å². The van der Waals surface area contributed by atoms with Gasteiger partial charge in [0.2, 0.25) is 0 Å². The SMILES string of the molecule is CC1(c2ccc3c(c2)oc2cc(N(c4ccc5c(c4)sc4ccccc45)c4ccc5c(c4)sc4ccccc45)ccc23)c2ccccc2-c2ccccc21. The average Bonchev–Trinajstić information content (AvgIpc) is 3.96. The van der Waals surface area contributed by atoms with E-state index in [9.17, 15) is 0 Å². The van der Waals surface area contributed by atoms with Crippen LogP contribution in [0.25, 0.3) is 73.4 Å². The van der Waals surface area contributed by atoms with E-state index in [0.717, 1.165) is 39.0 Å². The number of hydrogen-bond donors (Lipinski definition) is 0. The Bertz CT molecular complexity index is 3170. The fraction of sp³-hybridized carbons (Fsp3) is 0.0400. The summed E-state index contributed by atoms with van der Waals surface area (Å²) in [7, 11) is 0. The van der Waals surface area contributed by atoms with Crippen LogP contribution >= 0.6 is 22.7 Å². The molecule has 4 heteroatoms. The maximum absolute atomic E-state index is 6.83. The van der Waals surface area contributed by atoms with Crippen LogP contribution in [-0.2, 0) is 5.41 Å². The van der Waals surface area contributed by atoms with Gasteiger partial charge in [0.15, 0.2) is 0 Å². The Morgan fingerprint density at radius 2 is 0.852 bits per heavy atom. The molecule has 0 unspecified atom stereocenters. The molecule has 8 aromatic carbocycles. The predicted octanol–water partition coefficient (Wildman–Crippen LogP) is 15.1. The fourth-order valence-corrected chi connectivity index (χ4v) is 11.4. The van der Waals surface area contributed by atoms with Crippen molar-refractivity contribution in [2.24, 2.45) is 0 Å². The monoisotopic (exact) mass is 725 g/mol. The van der Waals surface area contributed by atoms with Crippen molar-refractivity contribution in [3.8, 4) is 11.1 Å². The molecule has 3 heterocycles. The van der Waals surface area contributed by atoms with E-state index in [2.05, 4.69) is 182 Å². The first-order valence-electron chi connectivity index (χ1n) is 18.4. The van der Waals surface area contributed by atoms with Gasteiger partial charge in [-0.1, -0.05) is 109 Å². The van der Waals surface area contributed by atoms with Gasteiger partial charge in [0.1, 0.15) is 11.2 Å². The lowest BCUT2D eigenvalue weighted by Crippen LogP contribution is -2.22. The van der Waals surface area contributed by atoms with Crippen LogP contribution in [0, 0.1) is 0 Å². The van der Waals surface area contributed by atoms with Crippen molar-refractivity contribution >= 4 is 102 Å². The Balaban J connectivity index is 1.03. The summed E-state index contributed by atoms with van der Waals surface area (Å²) in [6.45, 7) is 2.36. The van der Waals surface area contributed by atoms with E-state index in [4.69, 9.17) is 4.42 Å². The first-order chi connectivity index (χ1) is 26.6. The Kier molecular flexibility index (Phi) is 6.26. The van der Waals surface area contributed by atoms with E-state index in [1.165, 1.54) is 68.2 Å². The Labute approximate surface area is 319 Å². The Morgan fingerprint density at radius 3 is 1.44 bits per heavy atom. The lowest BCUT2D eigenvalue weighted by Gasteiger charge is -2.28. The zero-order valence-electron chi connectivity index (χ0n) is 29.3. The van der Waals surface area contributed by atoms with E-state index in [0.29, 0.717) is 0 Å². The maximum Gasteiger partial charge on any atom is 0.137 e. The second-order valence-electron chi connectivity index (χ2n) is 14.6. The molecular weight excluding hydrogens is 695 g/mol. The summed E-state index contributed by atoms with van der Waals surface area (Å²) in [5.41, 5.74) is 11.4. The molecule has 12 rings (SSSR count). The van der Waals surface area contributed by atoms with Gasteiger partial charge in [0, 0.05) is 79.7 Å². The minimum Gasteiger partial charge on any atom is -0.456 e. The molecule has 2 nitrogen and oxygen atoms in total. The molecule has 0 fully saturated rings. The second-order valence-corrected chi connectivity index (χ2v) is 16.8. The molecule has 11 aromatic rings. The first kappa shape index (κ1) is 30.3. The molecule has 0 spiro atoms. The van der Waals surface area contributed by atoms with Crippen molar-refractivity contribution in [2.75, 3.05) is 4.90 Å². The Morgan fingerprint density at radius 1 is 0.407 bits per heavy atom. The summed E-state index contributed by atoms with van der Waals surface area (Å²) in [6, 6.07) is 62.5. The van der Waals surface area contributed by atoms with Crippen molar-refractivity contribution in [3.63, 3.8) is 0 Å². The lowest BCUT2D eigenvalue weighted by molar-refractivity contribution is 0.662. The average molecular weight is 726 g/mol. The number of nitrogens with zero attached hydrogens (tertiary/aromatic N) is 1. The van der Waals surface area contributed by atoms with Gasteiger partial charge in [0.25, 0.3) is 0 Å². The van der Waals surface area contributed by atoms with E-state index < -0.39 is 0 Å². The summed E-state index contributed by atoms with van der Waals surface area (Å²) in [6.07, 6.45) is 0. The molecule has 54 heavy (non-hydrogen) atoms. The third kappa shape index (κ3) is 4.21. The summed E-state index contributed by atoms with van der Waals surface area (Å²) in [4.78, 5) is 2.39. The minimum absolute atomic E-state index is 0.279. The standard InChI is InChI=1S/C50H31NOS2/c1-50(42-14-6-2-10-34(42)35-11-3-7-15-43(35)50)30-18-22-36-37-23-19-31(27-45(37)52-44(36)26-30)51(32-20-24-40-38-12-4-8-16-46(38)53-48(40)28-32)33-21-25-41-39-13-5-9-17-47(39)54-49(41)29-33/h2-29H,1H3. The van der Waals surface area contributed by atoms with Crippen LogP contribution < -0.4 is 4.90 Å². The molecule has 0 atom stereocenters. The van der Waals surface area contributed by atoms with Crippen molar-refractivity contribution in [3.05, 3.63) is 187 Å². The Hall–Kier alpha value is -6.20. The number of fused-ring (bicyclic) bond motifs is 12. The van der Waals surface area contributed by atoms with E-state index >= 15 is 0 Å². The maximum atomic E-state index is 6.83. The van der Waals surface area contributed by atoms with Crippen LogP contribution in [0.15, 0.2) is 174 Å². The van der Waals surface area contributed by atoms with Gasteiger partial charge in [0.05, 0.1) is 0 Å². The van der Waals surface area contributed by atoms with Crippen molar-refractivity contribution in [1.82, 2.24) is 0 Å². The number of anilines is 3. The molecule has 0 saturated carbocycles. The highest BCUT2D eigenvalue weighted by molar-refractivity contribution is 7.26. The van der Waals surface area contributed by atoms with E-state index in [1.54, 1.807) is 0 Å². The van der Waals surface area contributed by atoms with Crippen LogP contribution in [0.4, 0.5) is 17.1 Å². The molecule has 0 N–H and O–H groups in total. The number of hydrogen-bond acceptors (Lipinski definition) is 4. The van der Waals surface area contributed by atoms with Crippen LogP contribution in [-0.4, -0.2) is 0 Å². The summed E-state index contributed by atoms with van der Waals surface area (Å²) >= 11 is 3.71. The lowest BCUT2D eigenvalue weighted by atomic mass is 9.74. The van der Waals surface area contributed by atoms with Crippen LogP contribution in [0.2, 0.25) is 0 Å². The van der Waals surface area contributed by atoms with Gasteiger partial charge in [-0.2, -0.15) is 0 Å². The first-order valence-corrected chi connectivity index (χ1v) is 20.0. The summed E-state index contributed by atoms with van der Waals surface area (Å²) in [5.74, 6) is 0. The van der Waals surface area contributed by atoms with Crippen molar-refractivity contribution in [1.29, 1.82) is 0 Å². The molecular formula is C50H31NOS2. The molecule has 1 aliphatic carbocycles. The number of rotatable bonds is 4. The molecule has 254 valence electrons. The molecule has 0 aliphatic heterocycles. The number of furan rings is 1. The summed E-state index contributed by atoms with van der Waals surface area (Å²) in [5, 5.41) is 7.46. The van der Waals surface area contributed by atoms with Gasteiger partial charge in [-0.3, -0.25) is 0 Å². The second kappa shape index (κ2) is 11.2. The molecule has 0 amide bonds. The van der Waals surface area contributed by atoms with E-state index in [-0.39, 0.29) is 5.41 Å². The zero-order valence-corrected chi connectivity index (χ0v) is 31.0. The molecule has 1 aliphatic rings. The zero-order chi connectivity index (χ0) is 35.5. The van der Waals surface area contributed by atoms with Gasteiger partial charge in [-0.05, 0) is 89.3 Å². The molecule has 3 aromatic heterocycles. The summed E-state index contributed by atoms with van der Waals surface area (Å²) < 4.78 is 12.0. The number of benzene rings is 8. The highest BCUT2D eigenvalue weighted by atomic mass is 32.1. The largest absolute Gasteiger partial charge is 0.456 e. The van der Waals surface area contributed by atoms with Gasteiger partial charge >= 0.3 is 0 Å². The topological polar surface area (TPSA) is 16.4 Å². The van der Waals surface area contributed by atoms with Crippen molar-refractivity contribution in [2.45, 2.75) is 12.3 Å². The molecule has 0 bridgehead atoms. The quantitative estimate of drug-likeness (QED) is 0.180. The predicted molar refractivity (Wildman–Crippen MR) is 232 cm³/mol. The highest BCUT2D eigenvalue weighted by Crippen LogP contribution is 2.53. The van der Waals surface area contributed by atoms with Gasteiger partial charge < -0.3 is 9.32 Å². The van der Waals surface area contributed by atoms with Crippen molar-refractivity contribution < 1.29 is 4.42 Å². The highest BCUT2D eigenvalue weighted by Gasteiger charge is 2.40. The third-order valence-corrected chi connectivity index (χ3v) is 14.0.